The van der Waals surface area contributed by atoms with Crippen molar-refractivity contribution < 1.29 is 23.9 Å². The van der Waals surface area contributed by atoms with Gasteiger partial charge in [0.2, 0.25) is 0 Å². The zero-order valence-corrected chi connectivity index (χ0v) is 17.6. The summed E-state index contributed by atoms with van der Waals surface area (Å²) >= 11 is 0. The minimum absolute atomic E-state index is 0.551. The van der Waals surface area contributed by atoms with Gasteiger partial charge in [-0.15, -0.1) is 0 Å². The van der Waals surface area contributed by atoms with Crippen molar-refractivity contribution in [2.75, 3.05) is 6.61 Å². The highest BCUT2D eigenvalue weighted by Gasteiger charge is 2.49. The second-order valence-corrected chi connectivity index (χ2v) is 7.47. The monoisotopic (exact) mass is 444 g/mol. The molecule has 0 spiro atoms. The van der Waals surface area contributed by atoms with Crippen LogP contribution in [0, 0.1) is 0 Å². The molecule has 0 aliphatic carbocycles. The summed E-state index contributed by atoms with van der Waals surface area (Å²) < 4.78 is 4.90. The molecular formula is C24H20N4O5. The number of urea groups is 1. The second-order valence-electron chi connectivity index (χ2n) is 7.47. The Labute approximate surface area is 189 Å². The third-order valence-corrected chi connectivity index (χ3v) is 5.13. The van der Waals surface area contributed by atoms with E-state index in [0.717, 1.165) is 17.0 Å². The summed E-state index contributed by atoms with van der Waals surface area (Å²) in [4.78, 5) is 53.5. The number of hydrogen-bond donors (Lipinski definition) is 2. The fourth-order valence-electron chi connectivity index (χ4n) is 3.38. The lowest BCUT2D eigenvalue weighted by Crippen LogP contribution is -2.49. The van der Waals surface area contributed by atoms with Gasteiger partial charge in [0.15, 0.2) is 6.61 Å². The third-order valence-electron chi connectivity index (χ3n) is 5.13. The lowest BCUT2D eigenvalue weighted by Gasteiger charge is -2.22. The number of hydrogen-bond acceptors (Lipinski definition) is 6. The molecule has 1 unspecified atom stereocenters. The number of carbonyl (C=O) groups is 4. The lowest BCUT2D eigenvalue weighted by molar-refractivity contribution is -0.147. The van der Waals surface area contributed by atoms with Gasteiger partial charge in [0.1, 0.15) is 5.54 Å². The van der Waals surface area contributed by atoms with Crippen molar-refractivity contribution in [3.8, 4) is 0 Å². The molecule has 0 bridgehead atoms. The van der Waals surface area contributed by atoms with Crippen molar-refractivity contribution >= 4 is 40.8 Å². The van der Waals surface area contributed by atoms with Gasteiger partial charge in [-0.25, -0.2) is 14.6 Å². The first-order valence-electron chi connectivity index (χ1n) is 10.1. The number of imide groups is 1. The molecule has 9 heteroatoms. The van der Waals surface area contributed by atoms with E-state index >= 15 is 0 Å². The molecule has 1 aliphatic heterocycles. The number of ether oxygens (including phenoxy) is 1. The number of pyridine rings is 1. The Bertz CT molecular complexity index is 1270. The summed E-state index contributed by atoms with van der Waals surface area (Å²) in [7, 11) is 0. The van der Waals surface area contributed by atoms with Crippen LogP contribution in [0.5, 0.6) is 0 Å². The summed E-state index contributed by atoms with van der Waals surface area (Å²) in [6.45, 7) is 0.869. The minimum Gasteiger partial charge on any atom is -0.452 e. The average molecular weight is 444 g/mol. The Morgan fingerprint density at radius 2 is 1.79 bits per heavy atom. The number of carbonyl (C=O) groups excluding carboxylic acids is 4. The molecule has 1 aromatic heterocycles. The molecule has 0 saturated carbocycles. The van der Waals surface area contributed by atoms with Crippen LogP contribution in [0.1, 0.15) is 18.2 Å². The SMILES string of the molecule is CC1(c2ccccc2)NC(=O)N(NC(=O)COC(=O)C=Cc2ccc3ccccc3n2)C1=O. The Balaban J connectivity index is 1.32. The Morgan fingerprint density at radius 1 is 1.06 bits per heavy atom. The van der Waals surface area contributed by atoms with E-state index in [4.69, 9.17) is 4.74 Å². The van der Waals surface area contributed by atoms with Gasteiger partial charge in [-0.05, 0) is 30.7 Å². The highest BCUT2D eigenvalue weighted by Crippen LogP contribution is 2.27. The number of nitrogens with one attached hydrogen (secondary N) is 2. The van der Waals surface area contributed by atoms with Crippen LogP contribution >= 0.6 is 0 Å². The largest absolute Gasteiger partial charge is 0.452 e. The summed E-state index contributed by atoms with van der Waals surface area (Å²) in [6.07, 6.45) is 2.61. The van der Waals surface area contributed by atoms with Crippen LogP contribution in [0.2, 0.25) is 0 Å². The average Bonchev–Trinajstić information content (AvgIpc) is 3.05. The number of nitrogens with zero attached hydrogens (tertiary/aromatic N) is 2. The molecule has 33 heavy (non-hydrogen) atoms. The van der Waals surface area contributed by atoms with Gasteiger partial charge in [-0.3, -0.25) is 15.0 Å². The van der Waals surface area contributed by atoms with Crippen LogP contribution in [-0.4, -0.2) is 40.4 Å². The van der Waals surface area contributed by atoms with E-state index in [1.807, 2.05) is 30.3 Å². The van der Waals surface area contributed by atoms with Crippen LogP contribution in [0.3, 0.4) is 0 Å². The Kier molecular flexibility index (Phi) is 5.86. The zero-order chi connectivity index (χ0) is 23.4. The van der Waals surface area contributed by atoms with Crippen molar-refractivity contribution in [1.29, 1.82) is 0 Å². The van der Waals surface area contributed by atoms with Crippen LogP contribution in [0.25, 0.3) is 17.0 Å². The number of aromatic nitrogens is 1. The van der Waals surface area contributed by atoms with Gasteiger partial charge >= 0.3 is 12.0 Å². The first kappa shape index (κ1) is 21.7. The van der Waals surface area contributed by atoms with E-state index in [-0.39, 0.29) is 0 Å². The molecule has 1 fully saturated rings. The van der Waals surface area contributed by atoms with Gasteiger partial charge in [0.05, 0.1) is 11.2 Å². The fourth-order valence-corrected chi connectivity index (χ4v) is 3.38. The first-order valence-corrected chi connectivity index (χ1v) is 10.1. The number of rotatable bonds is 6. The van der Waals surface area contributed by atoms with Crippen LogP contribution in [0.4, 0.5) is 4.79 Å². The van der Waals surface area contributed by atoms with Crippen molar-refractivity contribution in [2.45, 2.75) is 12.5 Å². The highest BCUT2D eigenvalue weighted by molar-refractivity contribution is 6.08. The topological polar surface area (TPSA) is 118 Å². The molecule has 4 amide bonds. The van der Waals surface area contributed by atoms with Gasteiger partial charge < -0.3 is 10.1 Å². The number of hydrazine groups is 1. The number of fused-ring (bicyclic) bond motifs is 1. The summed E-state index contributed by atoms with van der Waals surface area (Å²) in [5.74, 6) is -2.26. The first-order chi connectivity index (χ1) is 15.9. The maximum absolute atomic E-state index is 12.8. The van der Waals surface area contributed by atoms with Crippen LogP contribution < -0.4 is 10.7 Å². The second kappa shape index (κ2) is 8.91. The van der Waals surface area contributed by atoms with Gasteiger partial charge in [0.25, 0.3) is 11.8 Å². The van der Waals surface area contributed by atoms with E-state index in [1.165, 1.54) is 6.08 Å². The summed E-state index contributed by atoms with van der Waals surface area (Å²) in [5.41, 5.74) is 2.75. The summed E-state index contributed by atoms with van der Waals surface area (Å²) in [6, 6.07) is 19.0. The maximum Gasteiger partial charge on any atom is 0.344 e. The summed E-state index contributed by atoms with van der Waals surface area (Å²) in [5, 5.41) is 4.12. The molecule has 1 aliphatic rings. The molecule has 2 heterocycles. The lowest BCUT2D eigenvalue weighted by atomic mass is 9.92. The Morgan fingerprint density at radius 3 is 2.58 bits per heavy atom. The molecular weight excluding hydrogens is 424 g/mol. The number of benzene rings is 2. The van der Waals surface area contributed by atoms with Gasteiger partial charge in [0, 0.05) is 11.5 Å². The minimum atomic E-state index is -1.32. The molecule has 2 aromatic carbocycles. The normalized spacial score (nSPS) is 17.9. The van der Waals surface area contributed by atoms with E-state index in [0.29, 0.717) is 16.3 Å². The fraction of sp³-hybridized carbons (Fsp3) is 0.125. The van der Waals surface area contributed by atoms with Crippen LogP contribution in [0.15, 0.2) is 72.8 Å². The predicted octanol–water partition coefficient (Wildman–Crippen LogP) is 2.29. The molecule has 0 radical (unpaired) electrons. The third kappa shape index (κ3) is 4.57. The van der Waals surface area contributed by atoms with E-state index < -0.39 is 36.0 Å². The molecule has 166 valence electrons. The van der Waals surface area contributed by atoms with E-state index in [2.05, 4.69) is 15.7 Å². The van der Waals surface area contributed by atoms with Crippen molar-refractivity contribution in [1.82, 2.24) is 20.7 Å². The van der Waals surface area contributed by atoms with Crippen molar-refractivity contribution in [2.24, 2.45) is 0 Å². The Hall–Kier alpha value is -4.53. The maximum atomic E-state index is 12.8. The molecule has 3 aromatic rings. The van der Waals surface area contributed by atoms with Gasteiger partial charge in [-0.1, -0.05) is 54.6 Å². The quantitative estimate of drug-likeness (QED) is 0.342. The smallest absolute Gasteiger partial charge is 0.344 e. The standard InChI is InChI=1S/C24H20N4O5/c1-24(17-8-3-2-4-9-17)22(31)28(23(32)26-24)27-20(29)15-33-21(30)14-13-18-12-11-16-7-5-6-10-19(16)25-18/h2-14H,15H2,1H3,(H,26,32)(H,27,29). The highest BCUT2D eigenvalue weighted by atomic mass is 16.5. The number of amides is 4. The van der Waals surface area contributed by atoms with Gasteiger partial charge in [-0.2, -0.15) is 5.01 Å². The van der Waals surface area contributed by atoms with E-state index in [1.54, 1.807) is 43.3 Å². The molecule has 1 atom stereocenters. The predicted molar refractivity (Wildman–Crippen MR) is 119 cm³/mol. The zero-order valence-electron chi connectivity index (χ0n) is 17.6. The molecule has 1 saturated heterocycles. The molecule has 4 rings (SSSR count). The molecule has 9 nitrogen and oxygen atoms in total. The number of para-hydroxylation sites is 1. The van der Waals surface area contributed by atoms with Crippen molar-refractivity contribution in [3.63, 3.8) is 0 Å². The number of esters is 1. The van der Waals surface area contributed by atoms with E-state index in [9.17, 15) is 19.2 Å². The molecule has 2 N–H and O–H groups in total. The van der Waals surface area contributed by atoms with Crippen molar-refractivity contribution in [3.05, 3.63) is 84.1 Å². The van der Waals surface area contributed by atoms with Crippen LogP contribution in [-0.2, 0) is 24.7 Å².